The number of amides is 1. The Kier molecular flexibility index (Phi) is 5.21. The molecule has 1 heterocycles. The summed E-state index contributed by atoms with van der Waals surface area (Å²) in [4.78, 5) is 18.4. The number of benzene rings is 1. The minimum atomic E-state index is -0.484. The van der Waals surface area contributed by atoms with Gasteiger partial charge in [0.05, 0.1) is 0 Å². The van der Waals surface area contributed by atoms with Gasteiger partial charge in [-0.3, -0.25) is 4.79 Å². The molecule has 1 aromatic carbocycles. The van der Waals surface area contributed by atoms with Crippen LogP contribution >= 0.6 is 11.6 Å². The highest BCUT2D eigenvalue weighted by Crippen LogP contribution is 2.21. The van der Waals surface area contributed by atoms with Crippen molar-refractivity contribution in [3.8, 4) is 11.4 Å². The predicted octanol–water partition coefficient (Wildman–Crippen LogP) is 3.95. The lowest BCUT2D eigenvalue weighted by Crippen LogP contribution is -2.39. The molecule has 0 aliphatic carbocycles. The molecule has 0 aliphatic heterocycles. The summed E-state index contributed by atoms with van der Waals surface area (Å²) in [5, 5.41) is 4.60. The third-order valence-corrected chi connectivity index (χ3v) is 3.43. The molecule has 0 aliphatic rings. The van der Waals surface area contributed by atoms with Gasteiger partial charge in [-0.1, -0.05) is 43.6 Å². The average molecular weight is 334 g/mol. The Hall–Kier alpha value is -2.14. The van der Waals surface area contributed by atoms with E-state index in [4.69, 9.17) is 16.1 Å². The van der Waals surface area contributed by atoms with E-state index in [1.165, 1.54) is 0 Å². The zero-order chi connectivity index (χ0) is 17.0. The monoisotopic (exact) mass is 333 g/mol. The normalized spacial score (nSPS) is 11.3. The maximum absolute atomic E-state index is 12.4. The fourth-order valence-electron chi connectivity index (χ4n) is 2.05. The fraction of sp³-hybridized carbons (Fsp3) is 0.353. The smallest absolute Gasteiger partial charge is 0.246 e. The summed E-state index contributed by atoms with van der Waals surface area (Å²) in [6.07, 6.45) is 1.68. The second-order valence-corrected chi connectivity index (χ2v) is 6.68. The van der Waals surface area contributed by atoms with Gasteiger partial charge in [-0.05, 0) is 24.3 Å². The van der Waals surface area contributed by atoms with Crippen molar-refractivity contribution in [1.29, 1.82) is 0 Å². The van der Waals surface area contributed by atoms with Gasteiger partial charge in [0.1, 0.15) is 6.54 Å². The Morgan fingerprint density at radius 3 is 2.57 bits per heavy atom. The van der Waals surface area contributed by atoms with Crippen LogP contribution in [0.5, 0.6) is 0 Å². The maximum Gasteiger partial charge on any atom is 0.246 e. The number of nitrogens with zero attached hydrogens (tertiary/aromatic N) is 3. The fourth-order valence-corrected chi connectivity index (χ4v) is 2.17. The predicted molar refractivity (Wildman–Crippen MR) is 89.8 cm³/mol. The molecule has 2 aromatic rings. The standard InChI is InChI=1S/C17H20ClN3O2/c1-5-10-21(16(22)17(2,3)4)11-14-19-15(20-23-14)12-6-8-13(18)9-7-12/h5-9H,1,10-11H2,2-4H3. The largest absolute Gasteiger partial charge is 0.337 e. The SMILES string of the molecule is C=CCN(Cc1nc(-c2ccc(Cl)cc2)no1)C(=O)C(C)(C)C. The van der Waals surface area contributed by atoms with Gasteiger partial charge < -0.3 is 9.42 Å². The van der Waals surface area contributed by atoms with Gasteiger partial charge in [-0.15, -0.1) is 6.58 Å². The molecule has 23 heavy (non-hydrogen) atoms. The van der Waals surface area contributed by atoms with Gasteiger partial charge in [-0.25, -0.2) is 0 Å². The molecule has 0 radical (unpaired) electrons. The van der Waals surface area contributed by atoms with Crippen LogP contribution in [0.15, 0.2) is 41.4 Å². The van der Waals surface area contributed by atoms with Crippen LogP contribution in [0.3, 0.4) is 0 Å². The molecule has 6 heteroatoms. The van der Waals surface area contributed by atoms with E-state index in [9.17, 15) is 4.79 Å². The summed E-state index contributed by atoms with van der Waals surface area (Å²) in [5.74, 6) is 0.858. The van der Waals surface area contributed by atoms with Crippen molar-refractivity contribution in [2.75, 3.05) is 6.54 Å². The van der Waals surface area contributed by atoms with Crippen molar-refractivity contribution in [3.63, 3.8) is 0 Å². The first kappa shape index (κ1) is 17.2. The topological polar surface area (TPSA) is 59.2 Å². The molecule has 0 saturated carbocycles. The summed E-state index contributed by atoms with van der Waals surface area (Å²) in [6, 6.07) is 7.16. The molecule has 5 nitrogen and oxygen atoms in total. The van der Waals surface area contributed by atoms with Crippen LogP contribution in [0.4, 0.5) is 0 Å². The Bertz CT molecular complexity index is 687. The van der Waals surface area contributed by atoms with Crippen LogP contribution < -0.4 is 0 Å². The molecular weight excluding hydrogens is 314 g/mol. The first-order chi connectivity index (χ1) is 10.8. The average Bonchev–Trinajstić information content (AvgIpc) is 2.94. The number of halogens is 1. The van der Waals surface area contributed by atoms with Gasteiger partial charge in [0.25, 0.3) is 0 Å². The number of rotatable bonds is 5. The van der Waals surface area contributed by atoms with E-state index in [0.29, 0.717) is 23.3 Å². The molecule has 0 saturated heterocycles. The van der Waals surface area contributed by atoms with Gasteiger partial charge in [0, 0.05) is 22.5 Å². The third kappa shape index (κ3) is 4.42. The molecule has 0 atom stereocenters. The number of carbonyl (C=O) groups is 1. The Morgan fingerprint density at radius 1 is 1.35 bits per heavy atom. The van der Waals surface area contributed by atoms with Crippen LogP contribution in [0.25, 0.3) is 11.4 Å². The number of aromatic nitrogens is 2. The van der Waals surface area contributed by atoms with Crippen LogP contribution in [-0.4, -0.2) is 27.5 Å². The molecule has 122 valence electrons. The van der Waals surface area contributed by atoms with Crippen molar-refractivity contribution in [3.05, 3.63) is 47.8 Å². The van der Waals surface area contributed by atoms with Crippen LogP contribution in [0.1, 0.15) is 26.7 Å². The lowest BCUT2D eigenvalue weighted by atomic mass is 9.94. The van der Waals surface area contributed by atoms with Crippen molar-refractivity contribution in [2.24, 2.45) is 5.41 Å². The highest BCUT2D eigenvalue weighted by atomic mass is 35.5. The van der Waals surface area contributed by atoms with E-state index in [1.807, 2.05) is 32.9 Å². The summed E-state index contributed by atoms with van der Waals surface area (Å²) >= 11 is 5.87. The summed E-state index contributed by atoms with van der Waals surface area (Å²) in [7, 11) is 0. The quantitative estimate of drug-likeness (QED) is 0.777. The Balaban J connectivity index is 2.17. The molecule has 0 N–H and O–H groups in total. The summed E-state index contributed by atoms with van der Waals surface area (Å²) in [6.45, 7) is 9.99. The maximum atomic E-state index is 12.4. The van der Waals surface area contributed by atoms with E-state index < -0.39 is 5.41 Å². The highest BCUT2D eigenvalue weighted by Gasteiger charge is 2.27. The Morgan fingerprint density at radius 2 is 2.00 bits per heavy atom. The molecule has 0 unspecified atom stereocenters. The third-order valence-electron chi connectivity index (χ3n) is 3.17. The van der Waals surface area contributed by atoms with Crippen molar-refractivity contribution >= 4 is 17.5 Å². The second kappa shape index (κ2) is 6.96. The molecule has 1 amide bonds. The molecule has 1 aromatic heterocycles. The van der Waals surface area contributed by atoms with E-state index in [1.54, 1.807) is 23.1 Å². The number of hydrogen-bond acceptors (Lipinski definition) is 4. The number of carbonyl (C=O) groups excluding carboxylic acids is 1. The van der Waals surface area contributed by atoms with E-state index >= 15 is 0 Å². The van der Waals surface area contributed by atoms with E-state index in [0.717, 1.165) is 5.56 Å². The van der Waals surface area contributed by atoms with Crippen LogP contribution in [0, 0.1) is 5.41 Å². The van der Waals surface area contributed by atoms with Gasteiger partial charge in [0.2, 0.25) is 17.6 Å². The molecule has 0 spiro atoms. The van der Waals surface area contributed by atoms with Gasteiger partial charge >= 0.3 is 0 Å². The van der Waals surface area contributed by atoms with E-state index in [-0.39, 0.29) is 12.5 Å². The van der Waals surface area contributed by atoms with Crippen LogP contribution in [-0.2, 0) is 11.3 Å². The van der Waals surface area contributed by atoms with Crippen molar-refractivity contribution < 1.29 is 9.32 Å². The van der Waals surface area contributed by atoms with Crippen molar-refractivity contribution in [1.82, 2.24) is 15.0 Å². The lowest BCUT2D eigenvalue weighted by molar-refractivity contribution is -0.139. The number of hydrogen-bond donors (Lipinski definition) is 0. The molecular formula is C17H20ClN3O2. The second-order valence-electron chi connectivity index (χ2n) is 6.24. The van der Waals surface area contributed by atoms with Crippen LogP contribution in [0.2, 0.25) is 5.02 Å². The first-order valence-electron chi connectivity index (χ1n) is 7.30. The lowest BCUT2D eigenvalue weighted by Gasteiger charge is -2.27. The first-order valence-corrected chi connectivity index (χ1v) is 7.68. The van der Waals surface area contributed by atoms with Gasteiger partial charge in [-0.2, -0.15) is 4.98 Å². The molecule has 0 bridgehead atoms. The zero-order valence-electron chi connectivity index (χ0n) is 13.5. The highest BCUT2D eigenvalue weighted by molar-refractivity contribution is 6.30. The minimum Gasteiger partial charge on any atom is -0.337 e. The molecule has 0 fully saturated rings. The summed E-state index contributed by atoms with van der Waals surface area (Å²) in [5.41, 5.74) is 0.323. The zero-order valence-corrected chi connectivity index (χ0v) is 14.3. The molecule has 2 rings (SSSR count). The van der Waals surface area contributed by atoms with Gasteiger partial charge in [0.15, 0.2) is 0 Å². The van der Waals surface area contributed by atoms with Crippen molar-refractivity contribution in [2.45, 2.75) is 27.3 Å². The minimum absolute atomic E-state index is 0.00337. The Labute approximate surface area is 140 Å². The summed E-state index contributed by atoms with van der Waals surface area (Å²) < 4.78 is 5.27. The van der Waals surface area contributed by atoms with E-state index in [2.05, 4.69) is 16.7 Å².